The van der Waals surface area contributed by atoms with Gasteiger partial charge in [-0.2, -0.15) is 13.2 Å². The smallest absolute Gasteiger partial charge is 0.389 e. The van der Waals surface area contributed by atoms with Crippen molar-refractivity contribution in [3.8, 4) is 5.75 Å². The molecular formula is C30H42F3NO2. The summed E-state index contributed by atoms with van der Waals surface area (Å²) in [5, 5.41) is 0. The minimum Gasteiger partial charge on any atom is -0.485 e. The zero-order chi connectivity index (χ0) is 27.7. The van der Waals surface area contributed by atoms with Crippen molar-refractivity contribution in [2.24, 2.45) is 5.73 Å². The van der Waals surface area contributed by atoms with Crippen LogP contribution in [0.25, 0.3) is 0 Å². The number of hydrogen-bond acceptors (Lipinski definition) is 2. The number of rotatable bonds is 7. The maximum atomic E-state index is 13.0. The molecule has 6 heteroatoms. The van der Waals surface area contributed by atoms with Gasteiger partial charge in [-0.1, -0.05) is 86.6 Å². The van der Waals surface area contributed by atoms with Crippen LogP contribution in [0.15, 0.2) is 36.4 Å². The summed E-state index contributed by atoms with van der Waals surface area (Å²) in [4.78, 5) is 11.5. The van der Waals surface area contributed by atoms with Gasteiger partial charge in [0.1, 0.15) is 11.9 Å². The molecule has 0 fully saturated rings. The van der Waals surface area contributed by atoms with Crippen LogP contribution in [0, 0.1) is 0 Å². The molecule has 1 atom stereocenters. The Bertz CT molecular complexity index is 1020. The van der Waals surface area contributed by atoms with E-state index in [1.54, 1.807) is 24.3 Å². The van der Waals surface area contributed by atoms with E-state index in [4.69, 9.17) is 10.5 Å². The number of primary amides is 1. The van der Waals surface area contributed by atoms with Crippen molar-refractivity contribution in [1.29, 1.82) is 0 Å². The van der Waals surface area contributed by atoms with Crippen molar-refractivity contribution in [1.82, 2.24) is 0 Å². The van der Waals surface area contributed by atoms with E-state index >= 15 is 0 Å². The van der Waals surface area contributed by atoms with E-state index in [1.807, 2.05) is 0 Å². The molecule has 36 heavy (non-hydrogen) atoms. The van der Waals surface area contributed by atoms with E-state index in [2.05, 4.69) is 74.4 Å². The highest BCUT2D eigenvalue weighted by atomic mass is 19.4. The summed E-state index contributed by atoms with van der Waals surface area (Å²) in [6, 6.07) is 11.0. The summed E-state index contributed by atoms with van der Waals surface area (Å²) in [5.41, 5.74) is 9.05. The number of carbonyl (C=O) groups excluding carboxylic acids is 1. The second-order valence-electron chi connectivity index (χ2n) is 12.8. The molecule has 2 aromatic carbocycles. The number of amides is 1. The Labute approximate surface area is 214 Å². The Morgan fingerprint density at radius 3 is 1.67 bits per heavy atom. The molecule has 3 nitrogen and oxygen atoms in total. The number of halogens is 3. The molecule has 1 amide bonds. The summed E-state index contributed by atoms with van der Waals surface area (Å²) in [6.45, 7) is 19.2. The first-order chi connectivity index (χ1) is 16.2. The van der Waals surface area contributed by atoms with E-state index in [0.29, 0.717) is 11.1 Å². The second-order valence-corrected chi connectivity index (χ2v) is 12.8. The summed E-state index contributed by atoms with van der Waals surface area (Å²) in [6.07, 6.45) is -5.61. The van der Waals surface area contributed by atoms with Crippen molar-refractivity contribution in [2.45, 2.75) is 110 Å². The molecule has 0 bridgehead atoms. The molecule has 0 saturated carbocycles. The van der Waals surface area contributed by atoms with Gasteiger partial charge >= 0.3 is 6.18 Å². The lowest BCUT2D eigenvalue weighted by molar-refractivity contribution is -0.136. The van der Waals surface area contributed by atoms with Gasteiger partial charge in [0.15, 0.2) is 0 Å². The minimum absolute atomic E-state index is 0.0679. The molecule has 200 valence electrons. The maximum Gasteiger partial charge on any atom is 0.389 e. The SMILES string of the molecule is CC(C)(C)c1cc(C(C)(C)C)c(OC(CCCC(F)(F)F)c2ccc(C(N)=O)cc2)c(C(C)(C)C)c1. The third-order valence-electron chi connectivity index (χ3n) is 6.32. The molecule has 2 aromatic rings. The van der Waals surface area contributed by atoms with Gasteiger partial charge in [-0.25, -0.2) is 0 Å². The second kappa shape index (κ2) is 10.5. The first-order valence-corrected chi connectivity index (χ1v) is 12.5. The van der Waals surface area contributed by atoms with Crippen LogP contribution in [0.3, 0.4) is 0 Å². The summed E-state index contributed by atoms with van der Waals surface area (Å²) < 4.78 is 45.7. The van der Waals surface area contributed by atoms with Crippen molar-refractivity contribution < 1.29 is 22.7 Å². The van der Waals surface area contributed by atoms with Gasteiger partial charge < -0.3 is 10.5 Å². The number of benzene rings is 2. The minimum atomic E-state index is -4.23. The van der Waals surface area contributed by atoms with Crippen LogP contribution in [0.5, 0.6) is 5.75 Å². The quantitative estimate of drug-likeness (QED) is 0.410. The van der Waals surface area contributed by atoms with Crippen LogP contribution >= 0.6 is 0 Å². The number of hydrogen-bond donors (Lipinski definition) is 1. The fourth-order valence-electron chi connectivity index (χ4n) is 4.09. The lowest BCUT2D eigenvalue weighted by Gasteiger charge is -2.35. The van der Waals surface area contributed by atoms with E-state index in [9.17, 15) is 18.0 Å². The number of alkyl halides is 3. The van der Waals surface area contributed by atoms with Gasteiger partial charge in [-0.15, -0.1) is 0 Å². The molecule has 0 aromatic heterocycles. The first-order valence-electron chi connectivity index (χ1n) is 12.5. The molecule has 0 heterocycles. The van der Waals surface area contributed by atoms with E-state index in [-0.39, 0.29) is 29.1 Å². The lowest BCUT2D eigenvalue weighted by Crippen LogP contribution is -2.24. The van der Waals surface area contributed by atoms with Gasteiger partial charge in [0.2, 0.25) is 5.91 Å². The third kappa shape index (κ3) is 8.01. The fraction of sp³-hybridized carbons (Fsp3) is 0.567. The molecule has 0 saturated heterocycles. The van der Waals surface area contributed by atoms with Crippen LogP contribution in [0.1, 0.15) is 120 Å². The fourth-order valence-corrected chi connectivity index (χ4v) is 4.09. The highest BCUT2D eigenvalue weighted by molar-refractivity contribution is 5.92. The first kappa shape index (κ1) is 29.7. The average molecular weight is 506 g/mol. The largest absolute Gasteiger partial charge is 0.485 e. The van der Waals surface area contributed by atoms with Crippen LogP contribution in [-0.4, -0.2) is 12.1 Å². The Balaban J connectivity index is 2.68. The van der Waals surface area contributed by atoms with E-state index < -0.39 is 24.6 Å². The van der Waals surface area contributed by atoms with Crippen LogP contribution < -0.4 is 10.5 Å². The predicted molar refractivity (Wildman–Crippen MR) is 141 cm³/mol. The maximum absolute atomic E-state index is 13.0. The number of ether oxygens (including phenoxy) is 1. The molecular weight excluding hydrogens is 463 g/mol. The molecule has 0 spiro atoms. The molecule has 2 N–H and O–H groups in total. The van der Waals surface area contributed by atoms with E-state index in [1.165, 1.54) is 5.56 Å². The third-order valence-corrected chi connectivity index (χ3v) is 6.32. The Kier molecular flexibility index (Phi) is 8.65. The summed E-state index contributed by atoms with van der Waals surface area (Å²) in [7, 11) is 0. The predicted octanol–water partition coefficient (Wildman–Crippen LogP) is 8.53. The number of carbonyl (C=O) groups is 1. The van der Waals surface area contributed by atoms with E-state index in [0.717, 1.165) is 16.9 Å². The summed E-state index contributed by atoms with van der Waals surface area (Å²) in [5.74, 6) is 0.165. The monoisotopic (exact) mass is 505 g/mol. The van der Waals surface area contributed by atoms with Crippen LogP contribution in [0.2, 0.25) is 0 Å². The molecule has 0 radical (unpaired) electrons. The van der Waals surface area contributed by atoms with Crippen molar-refractivity contribution in [3.63, 3.8) is 0 Å². The summed E-state index contributed by atoms with van der Waals surface area (Å²) >= 11 is 0. The van der Waals surface area contributed by atoms with Crippen molar-refractivity contribution in [3.05, 3.63) is 64.2 Å². The lowest BCUT2D eigenvalue weighted by atomic mass is 9.74. The van der Waals surface area contributed by atoms with Gasteiger partial charge in [-0.3, -0.25) is 4.79 Å². The topological polar surface area (TPSA) is 52.3 Å². The van der Waals surface area contributed by atoms with Gasteiger partial charge in [-0.05, 0) is 52.3 Å². The van der Waals surface area contributed by atoms with Crippen molar-refractivity contribution in [2.75, 3.05) is 0 Å². The molecule has 2 rings (SSSR count). The van der Waals surface area contributed by atoms with Crippen molar-refractivity contribution >= 4 is 5.91 Å². The molecule has 1 unspecified atom stereocenters. The highest BCUT2D eigenvalue weighted by Crippen LogP contribution is 2.45. The van der Waals surface area contributed by atoms with Gasteiger partial charge in [0, 0.05) is 23.1 Å². The Hall–Kier alpha value is -2.50. The van der Waals surface area contributed by atoms with Crippen LogP contribution in [0.4, 0.5) is 13.2 Å². The van der Waals surface area contributed by atoms with Crippen LogP contribution in [-0.2, 0) is 16.2 Å². The zero-order valence-corrected chi connectivity index (χ0v) is 23.2. The normalized spacial score (nSPS) is 14.0. The standard InChI is InChI=1S/C30H42F3NO2/c1-27(2,3)21-17-22(28(4,5)6)25(23(18-21)29(7,8)9)36-24(11-10-16-30(31,32)33)19-12-14-20(15-13-19)26(34)35/h12-15,17-18,24H,10-11,16H2,1-9H3,(H2,34,35). The Morgan fingerprint density at radius 1 is 0.833 bits per heavy atom. The highest BCUT2D eigenvalue weighted by Gasteiger charge is 2.32. The molecule has 0 aliphatic heterocycles. The Morgan fingerprint density at radius 2 is 1.31 bits per heavy atom. The number of nitrogens with two attached hydrogens (primary N) is 1. The zero-order valence-electron chi connectivity index (χ0n) is 23.2. The average Bonchev–Trinajstić information content (AvgIpc) is 2.69. The van der Waals surface area contributed by atoms with Gasteiger partial charge in [0.25, 0.3) is 0 Å². The molecule has 0 aliphatic rings. The molecule has 0 aliphatic carbocycles. The van der Waals surface area contributed by atoms with Gasteiger partial charge in [0.05, 0.1) is 0 Å².